The highest BCUT2D eigenvalue weighted by Crippen LogP contribution is 2.01. The zero-order chi connectivity index (χ0) is 15.4. The molecule has 0 aromatic rings. The number of hydrogen-bond acceptors (Lipinski definition) is 5. The van der Waals surface area contributed by atoms with Crippen LogP contribution in [-0.2, 0) is 19.1 Å². The summed E-state index contributed by atoms with van der Waals surface area (Å²) < 4.78 is 10.0. The van der Waals surface area contributed by atoms with Gasteiger partial charge in [-0.3, -0.25) is 4.79 Å². The molecule has 0 bridgehead atoms. The van der Waals surface area contributed by atoms with Crippen LogP contribution < -0.4 is 10.6 Å². The summed E-state index contributed by atoms with van der Waals surface area (Å²) in [6, 6.07) is -0.788. The van der Waals surface area contributed by atoms with Gasteiger partial charge in [0.1, 0.15) is 18.9 Å². The van der Waals surface area contributed by atoms with Crippen molar-refractivity contribution in [2.24, 2.45) is 5.92 Å². The molecule has 20 heavy (non-hydrogen) atoms. The van der Waals surface area contributed by atoms with Crippen molar-refractivity contribution in [3.8, 4) is 0 Å². The van der Waals surface area contributed by atoms with Gasteiger partial charge in [-0.25, -0.2) is 4.79 Å². The Morgan fingerprint density at radius 3 is 2.40 bits per heavy atom. The van der Waals surface area contributed by atoms with Crippen LogP contribution in [0.2, 0.25) is 0 Å². The van der Waals surface area contributed by atoms with E-state index in [2.05, 4.69) is 10.6 Å². The van der Waals surface area contributed by atoms with Gasteiger partial charge in [0.05, 0.1) is 19.8 Å². The van der Waals surface area contributed by atoms with E-state index in [1.54, 1.807) is 13.8 Å². The van der Waals surface area contributed by atoms with Crippen molar-refractivity contribution in [2.75, 3.05) is 33.0 Å². The van der Waals surface area contributed by atoms with Crippen molar-refractivity contribution in [2.45, 2.75) is 19.9 Å². The van der Waals surface area contributed by atoms with Crippen molar-refractivity contribution in [3.63, 3.8) is 0 Å². The van der Waals surface area contributed by atoms with Crippen LogP contribution in [-0.4, -0.2) is 62.4 Å². The first-order valence-electron chi connectivity index (χ1n) is 6.35. The maximum atomic E-state index is 11.7. The Balaban J connectivity index is 3.74. The molecule has 0 aliphatic rings. The van der Waals surface area contributed by atoms with Gasteiger partial charge >= 0.3 is 6.09 Å². The number of amides is 2. The van der Waals surface area contributed by atoms with Crippen LogP contribution >= 0.6 is 0 Å². The normalized spacial score (nSPS) is 11.9. The summed E-state index contributed by atoms with van der Waals surface area (Å²) in [6.07, 6.45) is -0.579. The summed E-state index contributed by atoms with van der Waals surface area (Å²) in [4.78, 5) is 32.3. The Morgan fingerprint density at radius 1 is 1.20 bits per heavy atom. The summed E-state index contributed by atoms with van der Waals surface area (Å²) in [5.41, 5.74) is 0. The smallest absolute Gasteiger partial charge is 0.405 e. The van der Waals surface area contributed by atoms with E-state index < -0.39 is 12.1 Å². The number of ether oxygens (including phenoxy) is 2. The molecule has 0 aromatic heterocycles. The number of carboxylic acid groups (broad SMARTS) is 1. The van der Waals surface area contributed by atoms with Gasteiger partial charge in [-0.15, -0.1) is 0 Å². The molecule has 0 heterocycles. The quantitative estimate of drug-likeness (QED) is 0.353. The molecule has 2 amide bonds. The van der Waals surface area contributed by atoms with Gasteiger partial charge in [-0.2, -0.15) is 0 Å². The van der Waals surface area contributed by atoms with Crippen LogP contribution in [0.15, 0.2) is 0 Å². The summed E-state index contributed by atoms with van der Waals surface area (Å²) >= 11 is 0. The van der Waals surface area contributed by atoms with E-state index in [0.29, 0.717) is 19.5 Å². The Kier molecular flexibility index (Phi) is 10.2. The second-order valence-electron chi connectivity index (χ2n) is 4.32. The number of carbonyl (C=O) groups excluding carboxylic acids is 2. The average molecular weight is 290 g/mol. The molecule has 8 heteroatoms. The van der Waals surface area contributed by atoms with Crippen molar-refractivity contribution >= 4 is 18.3 Å². The number of rotatable bonds is 11. The molecular formula is C12H22N2O6. The van der Waals surface area contributed by atoms with Gasteiger partial charge in [-0.1, -0.05) is 13.8 Å². The largest absolute Gasteiger partial charge is 0.465 e. The molecule has 116 valence electrons. The van der Waals surface area contributed by atoms with Crippen molar-refractivity contribution in [1.82, 2.24) is 10.6 Å². The number of carbonyl (C=O) groups is 3. The molecule has 3 N–H and O–H groups in total. The minimum atomic E-state index is -1.23. The monoisotopic (exact) mass is 290 g/mol. The molecule has 0 aliphatic heterocycles. The second kappa shape index (κ2) is 11.2. The zero-order valence-electron chi connectivity index (χ0n) is 11.8. The highest BCUT2D eigenvalue weighted by Gasteiger charge is 2.23. The van der Waals surface area contributed by atoms with Crippen LogP contribution in [0.4, 0.5) is 4.79 Å². The molecule has 1 atom stereocenters. The summed E-state index contributed by atoms with van der Waals surface area (Å²) in [7, 11) is 0. The third-order valence-corrected chi connectivity index (χ3v) is 2.33. The molecule has 0 aliphatic carbocycles. The summed E-state index contributed by atoms with van der Waals surface area (Å²) in [6.45, 7) is 4.73. The maximum absolute atomic E-state index is 11.7. The zero-order valence-corrected chi connectivity index (χ0v) is 11.8. The SMILES string of the molecule is CC(C)C(NC(=O)O)C(=O)NCCOCCOCC=O. The highest BCUT2D eigenvalue weighted by atomic mass is 16.5. The number of nitrogens with one attached hydrogen (secondary N) is 2. The first-order valence-corrected chi connectivity index (χ1v) is 6.35. The summed E-state index contributed by atoms with van der Waals surface area (Å²) in [5.74, 6) is -0.535. The third-order valence-electron chi connectivity index (χ3n) is 2.33. The van der Waals surface area contributed by atoms with Crippen molar-refractivity contribution < 1.29 is 29.0 Å². The maximum Gasteiger partial charge on any atom is 0.405 e. The van der Waals surface area contributed by atoms with Gasteiger partial charge in [0.15, 0.2) is 0 Å². The fourth-order valence-corrected chi connectivity index (χ4v) is 1.38. The molecular weight excluding hydrogens is 268 g/mol. The number of hydrogen-bond donors (Lipinski definition) is 3. The van der Waals surface area contributed by atoms with E-state index in [-0.39, 0.29) is 31.6 Å². The molecule has 0 radical (unpaired) electrons. The van der Waals surface area contributed by atoms with E-state index in [1.807, 2.05) is 0 Å². The Bertz CT molecular complexity index is 308. The molecule has 0 aromatic carbocycles. The topological polar surface area (TPSA) is 114 Å². The van der Waals surface area contributed by atoms with E-state index in [9.17, 15) is 14.4 Å². The molecule has 0 saturated carbocycles. The summed E-state index contributed by atoms with van der Waals surface area (Å²) in [5, 5.41) is 13.4. The van der Waals surface area contributed by atoms with Crippen LogP contribution in [0, 0.1) is 5.92 Å². The van der Waals surface area contributed by atoms with Gasteiger partial charge in [0.2, 0.25) is 5.91 Å². The Labute approximate surface area is 117 Å². The lowest BCUT2D eigenvalue weighted by molar-refractivity contribution is -0.124. The lowest BCUT2D eigenvalue weighted by atomic mass is 10.0. The van der Waals surface area contributed by atoms with E-state index in [1.165, 1.54) is 0 Å². The lowest BCUT2D eigenvalue weighted by Crippen LogP contribution is -2.49. The van der Waals surface area contributed by atoms with Crippen molar-refractivity contribution in [3.05, 3.63) is 0 Å². The third kappa shape index (κ3) is 9.29. The lowest BCUT2D eigenvalue weighted by Gasteiger charge is -2.19. The molecule has 0 fully saturated rings. The molecule has 0 saturated heterocycles. The predicted octanol–water partition coefficient (Wildman–Crippen LogP) is -0.373. The fraction of sp³-hybridized carbons (Fsp3) is 0.750. The van der Waals surface area contributed by atoms with Gasteiger partial charge < -0.3 is 30.0 Å². The van der Waals surface area contributed by atoms with Gasteiger partial charge in [0, 0.05) is 6.54 Å². The standard InChI is InChI=1S/C12H22N2O6/c1-9(2)10(14-12(17)18)11(16)13-3-5-19-7-8-20-6-4-15/h4,9-10,14H,3,5-8H2,1-2H3,(H,13,16)(H,17,18). The minimum Gasteiger partial charge on any atom is -0.465 e. The molecule has 0 rings (SSSR count). The van der Waals surface area contributed by atoms with E-state index >= 15 is 0 Å². The Morgan fingerprint density at radius 2 is 1.85 bits per heavy atom. The number of aldehydes is 1. The van der Waals surface area contributed by atoms with Crippen LogP contribution in [0.25, 0.3) is 0 Å². The average Bonchev–Trinajstić information content (AvgIpc) is 2.38. The first kappa shape index (κ1) is 18.3. The predicted molar refractivity (Wildman–Crippen MR) is 70.5 cm³/mol. The highest BCUT2D eigenvalue weighted by molar-refractivity contribution is 5.85. The second-order valence-corrected chi connectivity index (χ2v) is 4.32. The van der Waals surface area contributed by atoms with Gasteiger partial charge in [0.25, 0.3) is 0 Å². The van der Waals surface area contributed by atoms with Crippen LogP contribution in [0.1, 0.15) is 13.8 Å². The minimum absolute atomic E-state index is 0.0387. The van der Waals surface area contributed by atoms with Crippen molar-refractivity contribution in [1.29, 1.82) is 0 Å². The molecule has 0 spiro atoms. The Hall–Kier alpha value is -1.67. The van der Waals surface area contributed by atoms with Crippen LogP contribution in [0.3, 0.4) is 0 Å². The van der Waals surface area contributed by atoms with Crippen LogP contribution in [0.5, 0.6) is 0 Å². The van der Waals surface area contributed by atoms with E-state index in [4.69, 9.17) is 14.6 Å². The van der Waals surface area contributed by atoms with Gasteiger partial charge in [-0.05, 0) is 5.92 Å². The molecule has 8 nitrogen and oxygen atoms in total. The van der Waals surface area contributed by atoms with E-state index in [0.717, 1.165) is 0 Å². The fourth-order valence-electron chi connectivity index (χ4n) is 1.38. The first-order chi connectivity index (χ1) is 9.49. The molecule has 1 unspecified atom stereocenters.